The maximum atomic E-state index is 11.9. The van der Waals surface area contributed by atoms with Gasteiger partial charge in [0.1, 0.15) is 6.61 Å². The van der Waals surface area contributed by atoms with Crippen molar-refractivity contribution in [1.82, 2.24) is 14.8 Å². The lowest BCUT2D eigenvalue weighted by atomic mass is 10.3. The van der Waals surface area contributed by atoms with Gasteiger partial charge in [0.15, 0.2) is 0 Å². The third-order valence-corrected chi connectivity index (χ3v) is 4.09. The lowest BCUT2D eigenvalue weighted by Crippen LogP contribution is -2.49. The van der Waals surface area contributed by atoms with Crippen LogP contribution in [0.3, 0.4) is 0 Å². The minimum atomic E-state index is 0.0580. The predicted molar refractivity (Wildman–Crippen MR) is 78.6 cm³/mol. The number of hydrogen-bond donors (Lipinski definition) is 1. The van der Waals surface area contributed by atoms with Crippen molar-refractivity contribution in [1.29, 1.82) is 0 Å². The molecule has 0 radical (unpaired) electrons. The lowest BCUT2D eigenvalue weighted by Gasteiger charge is -2.34. The summed E-state index contributed by atoms with van der Waals surface area (Å²) in [6.45, 7) is 7.22. The van der Waals surface area contributed by atoms with E-state index in [1.807, 2.05) is 11.8 Å². The number of ether oxygens (including phenoxy) is 1. The van der Waals surface area contributed by atoms with Gasteiger partial charge in [0, 0.05) is 44.6 Å². The van der Waals surface area contributed by atoms with Gasteiger partial charge >= 0.3 is 0 Å². The highest BCUT2D eigenvalue weighted by Crippen LogP contribution is 2.12. The molecule has 1 amide bonds. The fourth-order valence-corrected chi connectivity index (χ4v) is 2.80. The van der Waals surface area contributed by atoms with Gasteiger partial charge in [-0.2, -0.15) is 0 Å². The zero-order valence-corrected chi connectivity index (χ0v) is 12.7. The number of rotatable bonds is 6. The molecule has 1 aromatic rings. The molecule has 1 aliphatic heterocycles. The van der Waals surface area contributed by atoms with Crippen LogP contribution in [0.5, 0.6) is 0 Å². The fourth-order valence-electron chi connectivity index (χ4n) is 2.20. The number of aromatic nitrogens is 1. The molecule has 2 N–H and O–H groups in total. The van der Waals surface area contributed by atoms with Gasteiger partial charge in [0.25, 0.3) is 0 Å². The van der Waals surface area contributed by atoms with Gasteiger partial charge in [0.2, 0.25) is 5.91 Å². The molecule has 0 saturated carbocycles. The number of thiazole rings is 1. The summed E-state index contributed by atoms with van der Waals surface area (Å²) >= 11 is 1.68. The van der Waals surface area contributed by atoms with Crippen LogP contribution < -0.4 is 5.73 Å². The summed E-state index contributed by atoms with van der Waals surface area (Å²) in [4.78, 5) is 20.5. The van der Waals surface area contributed by atoms with Crippen LogP contribution in [-0.2, 0) is 16.1 Å². The van der Waals surface area contributed by atoms with Gasteiger partial charge in [0.05, 0.1) is 17.3 Å². The SMILES string of the molecule is Cc1nc(CN2CCN(C(=O)COCCN)CC2)cs1. The third kappa shape index (κ3) is 4.52. The normalized spacial score (nSPS) is 16.6. The Morgan fingerprint density at radius 2 is 2.20 bits per heavy atom. The van der Waals surface area contributed by atoms with Crippen molar-refractivity contribution in [2.45, 2.75) is 13.5 Å². The molecular formula is C13H22N4O2S. The second kappa shape index (κ2) is 7.68. The molecule has 1 aromatic heterocycles. The zero-order chi connectivity index (χ0) is 14.4. The monoisotopic (exact) mass is 298 g/mol. The van der Waals surface area contributed by atoms with Crippen LogP contribution in [0.1, 0.15) is 10.7 Å². The average molecular weight is 298 g/mol. The first-order valence-electron chi connectivity index (χ1n) is 6.88. The topological polar surface area (TPSA) is 71.7 Å². The highest BCUT2D eigenvalue weighted by molar-refractivity contribution is 7.09. The standard InChI is InChI=1S/C13H22N4O2S/c1-11-15-12(10-20-11)8-16-3-5-17(6-4-16)13(18)9-19-7-2-14/h10H,2-9,14H2,1H3. The molecule has 2 heterocycles. The Balaban J connectivity index is 1.70. The quantitative estimate of drug-likeness (QED) is 0.753. The van der Waals surface area contributed by atoms with Crippen LogP contribution >= 0.6 is 11.3 Å². The minimum Gasteiger partial charge on any atom is -0.370 e. The van der Waals surface area contributed by atoms with Gasteiger partial charge in [-0.1, -0.05) is 0 Å². The molecule has 0 unspecified atom stereocenters. The van der Waals surface area contributed by atoms with Crippen molar-refractivity contribution in [3.05, 3.63) is 16.1 Å². The summed E-state index contributed by atoms with van der Waals surface area (Å²) in [5.74, 6) is 0.0580. The average Bonchev–Trinajstić information content (AvgIpc) is 2.85. The number of hydrogen-bond acceptors (Lipinski definition) is 6. The Kier molecular flexibility index (Phi) is 5.90. The smallest absolute Gasteiger partial charge is 0.248 e. The number of nitrogens with zero attached hydrogens (tertiary/aromatic N) is 3. The molecule has 7 heteroatoms. The Bertz CT molecular complexity index is 430. The molecular weight excluding hydrogens is 276 g/mol. The van der Waals surface area contributed by atoms with Crippen LogP contribution in [0.25, 0.3) is 0 Å². The first-order chi connectivity index (χ1) is 9.69. The minimum absolute atomic E-state index is 0.0580. The molecule has 112 valence electrons. The van der Waals surface area contributed by atoms with E-state index in [0.717, 1.165) is 43.4 Å². The summed E-state index contributed by atoms with van der Waals surface area (Å²) in [6, 6.07) is 0. The second-order valence-corrected chi connectivity index (χ2v) is 5.92. The van der Waals surface area contributed by atoms with E-state index in [2.05, 4.69) is 15.3 Å². The van der Waals surface area contributed by atoms with Crippen molar-refractivity contribution in [2.75, 3.05) is 45.9 Å². The summed E-state index contributed by atoms with van der Waals surface area (Å²) in [5.41, 5.74) is 6.45. The number of piperazine rings is 1. The Morgan fingerprint density at radius 3 is 2.80 bits per heavy atom. The van der Waals surface area contributed by atoms with E-state index in [1.54, 1.807) is 11.3 Å². The number of amides is 1. The van der Waals surface area contributed by atoms with Crippen molar-refractivity contribution in [3.63, 3.8) is 0 Å². The van der Waals surface area contributed by atoms with Gasteiger partial charge in [-0.25, -0.2) is 4.98 Å². The molecule has 20 heavy (non-hydrogen) atoms. The summed E-state index contributed by atoms with van der Waals surface area (Å²) in [5, 5.41) is 3.21. The Labute approximate surface area is 123 Å². The van der Waals surface area contributed by atoms with Crippen LogP contribution in [-0.4, -0.2) is 66.6 Å². The number of carbonyl (C=O) groups is 1. The van der Waals surface area contributed by atoms with Gasteiger partial charge in [-0.15, -0.1) is 11.3 Å². The first-order valence-corrected chi connectivity index (χ1v) is 7.76. The Morgan fingerprint density at radius 1 is 1.45 bits per heavy atom. The molecule has 1 fully saturated rings. The van der Waals surface area contributed by atoms with E-state index in [-0.39, 0.29) is 12.5 Å². The molecule has 1 aliphatic rings. The van der Waals surface area contributed by atoms with Gasteiger partial charge < -0.3 is 15.4 Å². The highest BCUT2D eigenvalue weighted by atomic mass is 32.1. The molecule has 0 aliphatic carbocycles. The van der Waals surface area contributed by atoms with Crippen LogP contribution in [0.4, 0.5) is 0 Å². The molecule has 0 aromatic carbocycles. The van der Waals surface area contributed by atoms with E-state index in [9.17, 15) is 4.79 Å². The van der Waals surface area contributed by atoms with Crippen LogP contribution in [0.2, 0.25) is 0 Å². The predicted octanol–water partition coefficient (Wildman–Crippen LogP) is 0.0710. The number of nitrogens with two attached hydrogens (primary N) is 1. The van der Waals surface area contributed by atoms with Crippen molar-refractivity contribution < 1.29 is 9.53 Å². The fraction of sp³-hybridized carbons (Fsp3) is 0.692. The molecule has 0 bridgehead atoms. The van der Waals surface area contributed by atoms with E-state index >= 15 is 0 Å². The Hall–Kier alpha value is -1.02. The first kappa shape index (κ1) is 15.4. The zero-order valence-electron chi connectivity index (χ0n) is 11.9. The molecule has 6 nitrogen and oxygen atoms in total. The van der Waals surface area contributed by atoms with Gasteiger partial charge in [-0.05, 0) is 6.92 Å². The van der Waals surface area contributed by atoms with Gasteiger partial charge in [-0.3, -0.25) is 9.69 Å². The second-order valence-electron chi connectivity index (χ2n) is 4.86. The van der Waals surface area contributed by atoms with E-state index < -0.39 is 0 Å². The molecule has 1 saturated heterocycles. The summed E-state index contributed by atoms with van der Waals surface area (Å²) in [7, 11) is 0. The van der Waals surface area contributed by atoms with E-state index in [1.165, 1.54) is 0 Å². The van der Waals surface area contributed by atoms with Crippen molar-refractivity contribution in [3.8, 4) is 0 Å². The number of carbonyl (C=O) groups excluding carboxylic acids is 1. The summed E-state index contributed by atoms with van der Waals surface area (Å²) in [6.07, 6.45) is 0. The summed E-state index contributed by atoms with van der Waals surface area (Å²) < 4.78 is 5.18. The maximum Gasteiger partial charge on any atom is 0.248 e. The van der Waals surface area contributed by atoms with Crippen LogP contribution in [0.15, 0.2) is 5.38 Å². The molecule has 0 spiro atoms. The van der Waals surface area contributed by atoms with Crippen molar-refractivity contribution in [2.24, 2.45) is 5.73 Å². The van der Waals surface area contributed by atoms with Crippen LogP contribution in [0, 0.1) is 6.92 Å². The van der Waals surface area contributed by atoms with E-state index in [4.69, 9.17) is 10.5 Å². The van der Waals surface area contributed by atoms with E-state index in [0.29, 0.717) is 13.2 Å². The largest absolute Gasteiger partial charge is 0.370 e. The third-order valence-electron chi connectivity index (χ3n) is 3.26. The lowest BCUT2D eigenvalue weighted by molar-refractivity contribution is -0.137. The van der Waals surface area contributed by atoms with Crippen molar-refractivity contribution >= 4 is 17.2 Å². The molecule has 0 atom stereocenters. The maximum absolute atomic E-state index is 11.9. The number of aryl methyl sites for hydroxylation is 1. The molecule has 2 rings (SSSR count). The highest BCUT2D eigenvalue weighted by Gasteiger charge is 2.21.